The fraction of sp³-hybridized carbons (Fsp3) is 0.474. The Bertz CT molecular complexity index is 826. The first kappa shape index (κ1) is 18.0. The maximum atomic E-state index is 12.6. The van der Waals surface area contributed by atoms with Gasteiger partial charge in [-0.2, -0.15) is 0 Å². The molecule has 2 heterocycles. The maximum Gasteiger partial charge on any atom is 0.233 e. The zero-order chi connectivity index (χ0) is 18.8. The number of amides is 2. The maximum absolute atomic E-state index is 12.6. The van der Waals surface area contributed by atoms with E-state index in [4.69, 9.17) is 5.73 Å². The molecule has 7 nitrogen and oxygen atoms in total. The molecular formula is C19H23N5O2S. The smallest absolute Gasteiger partial charge is 0.233 e. The highest BCUT2D eigenvalue weighted by atomic mass is 32.2. The van der Waals surface area contributed by atoms with Gasteiger partial charge in [-0.1, -0.05) is 30.0 Å². The van der Waals surface area contributed by atoms with Gasteiger partial charge in [0.05, 0.1) is 5.75 Å². The van der Waals surface area contributed by atoms with Crippen molar-refractivity contribution in [2.45, 2.75) is 36.8 Å². The lowest BCUT2D eigenvalue weighted by molar-refractivity contribution is -0.132. The van der Waals surface area contributed by atoms with E-state index in [1.54, 1.807) is 0 Å². The van der Waals surface area contributed by atoms with E-state index in [0.717, 1.165) is 29.5 Å². The van der Waals surface area contributed by atoms with Crippen LogP contribution in [0.4, 0.5) is 0 Å². The molecule has 2 aromatic rings. The van der Waals surface area contributed by atoms with E-state index in [9.17, 15) is 9.59 Å². The number of benzene rings is 1. The minimum atomic E-state index is -0.264. The Morgan fingerprint density at radius 1 is 1.07 bits per heavy atom. The average molecular weight is 385 g/mol. The summed E-state index contributed by atoms with van der Waals surface area (Å²) < 4.78 is 2.08. The second-order valence-electron chi connectivity index (χ2n) is 7.13. The van der Waals surface area contributed by atoms with E-state index < -0.39 is 0 Å². The molecule has 2 aliphatic rings. The molecule has 0 radical (unpaired) electrons. The second-order valence-corrected chi connectivity index (χ2v) is 8.07. The van der Waals surface area contributed by atoms with Gasteiger partial charge < -0.3 is 10.6 Å². The summed E-state index contributed by atoms with van der Waals surface area (Å²) in [5, 5.41) is 9.49. The van der Waals surface area contributed by atoms with E-state index in [1.807, 2.05) is 35.2 Å². The summed E-state index contributed by atoms with van der Waals surface area (Å²) in [6.07, 6.45) is 3.59. The van der Waals surface area contributed by atoms with E-state index in [0.29, 0.717) is 37.6 Å². The van der Waals surface area contributed by atoms with E-state index in [1.165, 1.54) is 11.8 Å². The molecule has 2 fully saturated rings. The summed E-state index contributed by atoms with van der Waals surface area (Å²) in [7, 11) is 0. The quantitative estimate of drug-likeness (QED) is 0.767. The van der Waals surface area contributed by atoms with Gasteiger partial charge in [-0.3, -0.25) is 14.2 Å². The van der Waals surface area contributed by atoms with Crippen molar-refractivity contribution >= 4 is 23.6 Å². The molecule has 4 rings (SSSR count). The van der Waals surface area contributed by atoms with Gasteiger partial charge in [0.25, 0.3) is 0 Å². The molecule has 1 aliphatic carbocycles. The lowest BCUT2D eigenvalue weighted by Crippen LogP contribution is -2.42. The van der Waals surface area contributed by atoms with Crippen LogP contribution in [-0.2, 0) is 9.59 Å². The van der Waals surface area contributed by atoms with Crippen LogP contribution >= 0.6 is 11.8 Å². The number of primary amides is 1. The number of nitrogens with zero attached hydrogens (tertiary/aromatic N) is 4. The first-order valence-corrected chi connectivity index (χ1v) is 10.3. The van der Waals surface area contributed by atoms with Crippen LogP contribution in [0.2, 0.25) is 0 Å². The Balaban J connectivity index is 1.43. The summed E-state index contributed by atoms with van der Waals surface area (Å²) in [5.41, 5.74) is 6.39. The number of carbonyl (C=O) groups is 2. The Morgan fingerprint density at radius 3 is 2.41 bits per heavy atom. The second kappa shape index (κ2) is 7.72. The number of para-hydroxylation sites is 1. The van der Waals surface area contributed by atoms with Crippen molar-refractivity contribution in [3.8, 4) is 5.69 Å². The molecule has 1 aromatic heterocycles. The van der Waals surface area contributed by atoms with Crippen molar-refractivity contribution in [1.82, 2.24) is 19.7 Å². The summed E-state index contributed by atoms with van der Waals surface area (Å²) in [6, 6.07) is 10.0. The summed E-state index contributed by atoms with van der Waals surface area (Å²) in [6.45, 7) is 1.18. The Morgan fingerprint density at radius 2 is 1.78 bits per heavy atom. The minimum Gasteiger partial charge on any atom is -0.369 e. The Kier molecular flexibility index (Phi) is 5.15. The Hall–Kier alpha value is -2.35. The fourth-order valence-electron chi connectivity index (χ4n) is 3.43. The molecule has 142 valence electrons. The first-order valence-electron chi connectivity index (χ1n) is 9.34. The molecule has 0 atom stereocenters. The lowest BCUT2D eigenvalue weighted by atomic mass is 9.96. The highest BCUT2D eigenvalue weighted by molar-refractivity contribution is 7.99. The number of hydrogen-bond donors (Lipinski definition) is 1. The number of piperidine rings is 1. The normalized spacial score (nSPS) is 17.9. The third-order valence-corrected chi connectivity index (χ3v) is 6.10. The van der Waals surface area contributed by atoms with Gasteiger partial charge in [-0.25, -0.2) is 0 Å². The predicted octanol–water partition coefficient (Wildman–Crippen LogP) is 1.96. The van der Waals surface area contributed by atoms with Gasteiger partial charge in [0.2, 0.25) is 11.8 Å². The number of aromatic nitrogens is 3. The van der Waals surface area contributed by atoms with Crippen molar-refractivity contribution < 1.29 is 9.59 Å². The Labute approximate surface area is 162 Å². The molecule has 0 unspecified atom stereocenters. The summed E-state index contributed by atoms with van der Waals surface area (Å²) in [5.74, 6) is 1.47. The van der Waals surface area contributed by atoms with Crippen LogP contribution in [0.25, 0.3) is 5.69 Å². The molecule has 8 heteroatoms. The molecule has 0 spiro atoms. The molecular weight excluding hydrogens is 362 g/mol. The van der Waals surface area contributed by atoms with Crippen molar-refractivity contribution in [3.05, 3.63) is 36.2 Å². The highest BCUT2D eigenvalue weighted by Gasteiger charge is 2.31. The molecule has 2 N–H and O–H groups in total. The van der Waals surface area contributed by atoms with Crippen molar-refractivity contribution in [2.75, 3.05) is 18.8 Å². The zero-order valence-electron chi connectivity index (χ0n) is 15.1. The first-order chi connectivity index (χ1) is 13.1. The highest BCUT2D eigenvalue weighted by Crippen LogP contribution is 2.41. The lowest BCUT2D eigenvalue weighted by Gasteiger charge is -2.30. The largest absolute Gasteiger partial charge is 0.369 e. The van der Waals surface area contributed by atoms with Crippen LogP contribution in [0, 0.1) is 5.92 Å². The number of likely N-dealkylation sites (tertiary alicyclic amines) is 1. The standard InChI is InChI=1S/C19H23N5O2S/c20-17(26)13-8-10-23(11-9-13)16(25)12-27-19-22-21-18(14-6-7-14)24(19)15-4-2-1-3-5-15/h1-5,13-14H,6-12H2,(H2,20,26). The number of rotatable bonds is 6. The zero-order valence-corrected chi connectivity index (χ0v) is 15.9. The van der Waals surface area contributed by atoms with Crippen LogP contribution in [0.3, 0.4) is 0 Å². The van der Waals surface area contributed by atoms with Gasteiger partial charge in [0.1, 0.15) is 5.82 Å². The minimum absolute atomic E-state index is 0.0681. The van der Waals surface area contributed by atoms with E-state index in [-0.39, 0.29) is 17.7 Å². The van der Waals surface area contributed by atoms with Gasteiger partial charge >= 0.3 is 0 Å². The van der Waals surface area contributed by atoms with E-state index >= 15 is 0 Å². The van der Waals surface area contributed by atoms with Crippen LogP contribution < -0.4 is 5.73 Å². The van der Waals surface area contributed by atoms with Crippen molar-refractivity contribution in [3.63, 3.8) is 0 Å². The number of hydrogen-bond acceptors (Lipinski definition) is 5. The molecule has 0 bridgehead atoms. The average Bonchev–Trinajstić information content (AvgIpc) is 3.46. The van der Waals surface area contributed by atoms with Gasteiger partial charge in [0.15, 0.2) is 5.16 Å². The van der Waals surface area contributed by atoms with Crippen LogP contribution in [0.5, 0.6) is 0 Å². The van der Waals surface area contributed by atoms with Crippen LogP contribution in [0.1, 0.15) is 37.4 Å². The fourth-order valence-corrected chi connectivity index (χ4v) is 4.29. The van der Waals surface area contributed by atoms with Crippen LogP contribution in [0.15, 0.2) is 35.5 Å². The number of carbonyl (C=O) groups excluding carboxylic acids is 2. The molecule has 1 aliphatic heterocycles. The predicted molar refractivity (Wildman–Crippen MR) is 103 cm³/mol. The van der Waals surface area contributed by atoms with Crippen molar-refractivity contribution in [1.29, 1.82) is 0 Å². The molecule has 1 saturated heterocycles. The van der Waals surface area contributed by atoms with Crippen molar-refractivity contribution in [2.24, 2.45) is 11.7 Å². The summed E-state index contributed by atoms with van der Waals surface area (Å²) >= 11 is 1.42. The SMILES string of the molecule is NC(=O)C1CCN(C(=O)CSc2nnc(C3CC3)n2-c2ccccc2)CC1. The van der Waals surface area contributed by atoms with E-state index in [2.05, 4.69) is 14.8 Å². The molecule has 1 aromatic carbocycles. The van der Waals surface area contributed by atoms with Gasteiger partial charge in [-0.05, 0) is 37.8 Å². The third-order valence-electron chi connectivity index (χ3n) is 5.19. The molecule has 2 amide bonds. The molecule has 27 heavy (non-hydrogen) atoms. The number of thioether (sulfide) groups is 1. The van der Waals surface area contributed by atoms with Gasteiger partial charge in [-0.15, -0.1) is 10.2 Å². The topological polar surface area (TPSA) is 94.1 Å². The molecule has 1 saturated carbocycles. The van der Waals surface area contributed by atoms with Gasteiger partial charge in [0, 0.05) is 30.6 Å². The monoisotopic (exact) mass is 385 g/mol. The summed E-state index contributed by atoms with van der Waals surface area (Å²) in [4.78, 5) is 25.7. The van der Waals surface area contributed by atoms with Crippen LogP contribution in [-0.4, -0.2) is 50.3 Å². The number of nitrogens with two attached hydrogens (primary N) is 1. The third kappa shape index (κ3) is 4.00.